The van der Waals surface area contributed by atoms with E-state index >= 15 is 0 Å². The van der Waals surface area contributed by atoms with Crippen molar-refractivity contribution >= 4 is 17.8 Å². The summed E-state index contributed by atoms with van der Waals surface area (Å²) in [6, 6.07) is -2.25. The van der Waals surface area contributed by atoms with Crippen LogP contribution in [0.25, 0.3) is 0 Å². The first-order valence-electron chi connectivity index (χ1n) is 9.39. The van der Waals surface area contributed by atoms with Crippen LogP contribution in [0.15, 0.2) is 0 Å². The lowest BCUT2D eigenvalue weighted by Gasteiger charge is -2.28. The molecule has 0 aliphatic heterocycles. The van der Waals surface area contributed by atoms with Gasteiger partial charge in [0.15, 0.2) is 0 Å². The number of halogens is 7. The molecule has 0 fully saturated rings. The molecule has 6 nitrogen and oxygen atoms in total. The molecule has 0 aliphatic rings. The number of ether oxygens (including phenoxy) is 2. The van der Waals surface area contributed by atoms with Gasteiger partial charge in [0.05, 0.1) is 19.6 Å². The van der Waals surface area contributed by atoms with Crippen LogP contribution < -0.4 is 5.32 Å². The molecule has 182 valence electrons. The number of carbonyl (C=O) groups is 3. The van der Waals surface area contributed by atoms with Crippen molar-refractivity contribution in [3.8, 4) is 0 Å². The molecule has 1 atom stereocenters. The zero-order valence-electron chi connectivity index (χ0n) is 17.5. The normalized spacial score (nSPS) is 13.8. The van der Waals surface area contributed by atoms with Gasteiger partial charge in [-0.05, 0) is 24.7 Å². The monoisotopic (exact) mass is 469 g/mol. The van der Waals surface area contributed by atoms with Gasteiger partial charge in [-0.25, -0.2) is 4.79 Å². The molecule has 0 saturated carbocycles. The van der Waals surface area contributed by atoms with E-state index in [0.29, 0.717) is 12.8 Å². The maximum absolute atomic E-state index is 13.6. The van der Waals surface area contributed by atoms with Gasteiger partial charge in [-0.15, -0.1) is 0 Å². The Hall–Kier alpha value is -2.08. The molecule has 0 saturated heterocycles. The van der Waals surface area contributed by atoms with E-state index < -0.39 is 48.3 Å². The first-order chi connectivity index (χ1) is 13.9. The highest BCUT2D eigenvalue weighted by atomic mass is 19.4. The van der Waals surface area contributed by atoms with Gasteiger partial charge in [0.25, 0.3) is 5.91 Å². The molecule has 31 heavy (non-hydrogen) atoms. The third-order valence-corrected chi connectivity index (χ3v) is 3.89. The maximum atomic E-state index is 13.6. The van der Waals surface area contributed by atoms with Crippen molar-refractivity contribution in [3.63, 3.8) is 0 Å². The molecular weight excluding hydrogens is 443 g/mol. The minimum atomic E-state index is -6.74. The molecule has 0 heterocycles. The Labute approximate surface area is 174 Å². The molecule has 0 aromatic heterocycles. The van der Waals surface area contributed by atoms with Crippen LogP contribution in [0, 0.1) is 11.8 Å². The number of hydrogen-bond donors (Lipinski definition) is 1. The Balaban J connectivity index is 5.41. The van der Waals surface area contributed by atoms with E-state index in [4.69, 9.17) is 9.47 Å². The zero-order chi connectivity index (χ0) is 24.6. The quantitative estimate of drug-likeness (QED) is 0.347. The second-order valence-electron chi connectivity index (χ2n) is 7.63. The average Bonchev–Trinajstić information content (AvgIpc) is 2.58. The summed E-state index contributed by atoms with van der Waals surface area (Å²) in [5.74, 6) is -18.5. The SMILES string of the molecule is CC(C)CCOC(=O)CC(NC(=O)C(F)(F)C(F)(F)C(F)(F)F)C(=O)OCCC(C)C. The van der Waals surface area contributed by atoms with E-state index in [1.165, 1.54) is 0 Å². The third kappa shape index (κ3) is 8.90. The fraction of sp³-hybridized carbons (Fsp3) is 0.833. The van der Waals surface area contributed by atoms with Crippen LogP contribution in [0.1, 0.15) is 47.0 Å². The summed E-state index contributed by atoms with van der Waals surface area (Å²) >= 11 is 0. The first-order valence-corrected chi connectivity index (χ1v) is 9.39. The van der Waals surface area contributed by atoms with E-state index in [2.05, 4.69) is 0 Å². The van der Waals surface area contributed by atoms with Gasteiger partial charge in [-0.2, -0.15) is 30.7 Å². The van der Waals surface area contributed by atoms with Gasteiger partial charge >= 0.3 is 30.0 Å². The van der Waals surface area contributed by atoms with E-state index in [9.17, 15) is 45.1 Å². The molecule has 1 unspecified atom stereocenters. The summed E-state index contributed by atoms with van der Waals surface area (Å²) < 4.78 is 99.5. The highest BCUT2D eigenvalue weighted by Crippen LogP contribution is 2.46. The highest BCUT2D eigenvalue weighted by molar-refractivity contribution is 5.91. The molecule has 1 amide bonds. The summed E-state index contributed by atoms with van der Waals surface area (Å²) in [5, 5.41) is 1.06. The Morgan fingerprint density at radius 1 is 0.806 bits per heavy atom. The van der Waals surface area contributed by atoms with Gasteiger partial charge in [0, 0.05) is 0 Å². The second kappa shape index (κ2) is 11.5. The number of carbonyl (C=O) groups excluding carboxylic acids is 3. The molecule has 0 spiro atoms. The lowest BCUT2D eigenvalue weighted by atomic mass is 10.1. The summed E-state index contributed by atoms with van der Waals surface area (Å²) in [6.45, 7) is 6.71. The summed E-state index contributed by atoms with van der Waals surface area (Å²) in [7, 11) is 0. The molecule has 1 N–H and O–H groups in total. The molecule has 0 rings (SSSR count). The van der Waals surface area contributed by atoms with E-state index in [1.807, 2.05) is 0 Å². The molecule has 0 aliphatic carbocycles. The maximum Gasteiger partial charge on any atom is 0.460 e. The van der Waals surface area contributed by atoms with Gasteiger partial charge in [0.2, 0.25) is 0 Å². The zero-order valence-corrected chi connectivity index (χ0v) is 17.5. The lowest BCUT2D eigenvalue weighted by molar-refractivity contribution is -0.344. The largest absolute Gasteiger partial charge is 0.466 e. The van der Waals surface area contributed by atoms with Crippen molar-refractivity contribution in [2.24, 2.45) is 11.8 Å². The number of nitrogens with one attached hydrogen (secondary N) is 1. The van der Waals surface area contributed by atoms with E-state index in [0.717, 1.165) is 5.32 Å². The molecular formula is C18H26F7NO5. The predicted molar refractivity (Wildman–Crippen MR) is 93.3 cm³/mol. The van der Waals surface area contributed by atoms with Crippen LogP contribution in [0.2, 0.25) is 0 Å². The average molecular weight is 469 g/mol. The van der Waals surface area contributed by atoms with Gasteiger partial charge in [0.1, 0.15) is 6.04 Å². The van der Waals surface area contributed by atoms with E-state index in [1.54, 1.807) is 27.7 Å². The van der Waals surface area contributed by atoms with Crippen molar-refractivity contribution in [3.05, 3.63) is 0 Å². The Morgan fingerprint density at radius 3 is 1.68 bits per heavy atom. The van der Waals surface area contributed by atoms with Crippen molar-refractivity contribution in [2.45, 2.75) is 71.0 Å². The van der Waals surface area contributed by atoms with Crippen molar-refractivity contribution in [2.75, 3.05) is 13.2 Å². The van der Waals surface area contributed by atoms with Crippen LogP contribution >= 0.6 is 0 Å². The fourth-order valence-corrected chi connectivity index (χ4v) is 1.89. The number of rotatable bonds is 12. The minimum absolute atomic E-state index is 0.0386. The topological polar surface area (TPSA) is 81.7 Å². The predicted octanol–water partition coefficient (Wildman–Crippen LogP) is 3.87. The second-order valence-corrected chi connectivity index (χ2v) is 7.63. The van der Waals surface area contributed by atoms with Crippen LogP contribution in [0.4, 0.5) is 30.7 Å². The van der Waals surface area contributed by atoms with Crippen LogP contribution in [-0.2, 0) is 23.9 Å². The van der Waals surface area contributed by atoms with Crippen LogP contribution in [0.3, 0.4) is 0 Å². The number of alkyl halides is 7. The molecule has 0 aromatic carbocycles. The Bertz CT molecular complexity index is 621. The molecule has 13 heteroatoms. The van der Waals surface area contributed by atoms with Crippen LogP contribution in [0.5, 0.6) is 0 Å². The Morgan fingerprint density at radius 2 is 1.26 bits per heavy atom. The smallest absolute Gasteiger partial charge is 0.460 e. The molecule has 0 radical (unpaired) electrons. The third-order valence-electron chi connectivity index (χ3n) is 3.89. The lowest BCUT2D eigenvalue weighted by Crippen LogP contribution is -2.61. The van der Waals surface area contributed by atoms with Gasteiger partial charge in [-0.1, -0.05) is 27.7 Å². The minimum Gasteiger partial charge on any atom is -0.466 e. The van der Waals surface area contributed by atoms with Crippen molar-refractivity contribution < 1.29 is 54.6 Å². The standard InChI is InChI=1S/C18H26F7NO5/c1-10(2)5-7-30-13(27)9-12(14(28)31-8-6-11(3)4)26-15(29)16(19,20)17(21,22)18(23,24)25/h10-12H,5-9H2,1-4H3,(H,26,29). The van der Waals surface area contributed by atoms with Gasteiger partial charge < -0.3 is 14.8 Å². The van der Waals surface area contributed by atoms with Crippen molar-refractivity contribution in [1.82, 2.24) is 5.32 Å². The number of amides is 1. The first kappa shape index (κ1) is 28.9. The summed E-state index contributed by atoms with van der Waals surface area (Å²) in [6.07, 6.45) is -7.14. The number of hydrogen-bond acceptors (Lipinski definition) is 5. The summed E-state index contributed by atoms with van der Waals surface area (Å²) in [4.78, 5) is 35.4. The Kier molecular flexibility index (Phi) is 10.7. The fourth-order valence-electron chi connectivity index (χ4n) is 1.89. The van der Waals surface area contributed by atoms with Crippen molar-refractivity contribution in [1.29, 1.82) is 0 Å². The molecule has 0 aromatic rings. The van der Waals surface area contributed by atoms with Crippen LogP contribution in [-0.4, -0.2) is 55.1 Å². The number of esters is 2. The summed E-state index contributed by atoms with van der Waals surface area (Å²) in [5.41, 5.74) is 0. The van der Waals surface area contributed by atoms with Gasteiger partial charge in [-0.3, -0.25) is 9.59 Å². The van der Waals surface area contributed by atoms with E-state index in [-0.39, 0.29) is 25.0 Å². The highest BCUT2D eigenvalue weighted by Gasteiger charge is 2.76. The molecule has 0 bridgehead atoms.